The van der Waals surface area contributed by atoms with Crippen LogP contribution in [0, 0.1) is 0 Å². The number of anilines is 1. The van der Waals surface area contributed by atoms with Gasteiger partial charge in [-0.1, -0.05) is 48.1 Å². The summed E-state index contributed by atoms with van der Waals surface area (Å²) in [6, 6.07) is 0. The number of halogens is 3. The highest BCUT2D eigenvalue weighted by Gasteiger charge is 2.17. The molecule has 0 fully saturated rings. The summed E-state index contributed by atoms with van der Waals surface area (Å²) in [5.41, 5.74) is -0.109. The second kappa shape index (κ2) is 6.28. The molecule has 1 aromatic rings. The molecular formula is C10H10Cl3N2O2-. The fraction of sp³-hybridized carbons (Fsp3) is 0.400. The van der Waals surface area contributed by atoms with Crippen LogP contribution in [0.2, 0.25) is 15.3 Å². The van der Waals surface area contributed by atoms with Crippen molar-refractivity contribution in [3.05, 3.63) is 20.9 Å². The normalized spacial score (nSPS) is 10.4. The summed E-state index contributed by atoms with van der Waals surface area (Å²) >= 11 is 17.3. The minimum atomic E-state index is -1.44. The van der Waals surface area contributed by atoms with Gasteiger partial charge in [0.1, 0.15) is 10.2 Å². The Morgan fingerprint density at radius 1 is 1.35 bits per heavy atom. The maximum Gasteiger partial charge on any atom is 0.151 e. The van der Waals surface area contributed by atoms with Crippen molar-refractivity contribution in [3.8, 4) is 0 Å². The lowest BCUT2D eigenvalue weighted by molar-refractivity contribution is -0.254. The zero-order valence-electron chi connectivity index (χ0n) is 9.02. The third kappa shape index (κ3) is 3.37. The lowest BCUT2D eigenvalue weighted by Gasteiger charge is -2.16. The highest BCUT2D eigenvalue weighted by atomic mass is 35.5. The maximum atomic E-state index is 11.0. The van der Waals surface area contributed by atoms with E-state index in [0.29, 0.717) is 6.54 Å². The first-order valence-corrected chi connectivity index (χ1v) is 6.12. The molecule has 4 nitrogen and oxygen atoms in total. The molecule has 1 N–H and O–H groups in total. The van der Waals surface area contributed by atoms with Gasteiger partial charge in [-0.3, -0.25) is 0 Å². The second-order valence-electron chi connectivity index (χ2n) is 3.33. The van der Waals surface area contributed by atoms with Gasteiger partial charge in [0.15, 0.2) is 5.15 Å². The molecule has 0 radical (unpaired) electrons. The number of aromatic nitrogens is 1. The van der Waals surface area contributed by atoms with Crippen LogP contribution in [0.4, 0.5) is 5.69 Å². The average molecular weight is 297 g/mol. The van der Waals surface area contributed by atoms with E-state index in [1.807, 2.05) is 6.92 Å². The largest absolute Gasteiger partial charge is 0.545 e. The van der Waals surface area contributed by atoms with Gasteiger partial charge in [-0.15, -0.1) is 0 Å². The van der Waals surface area contributed by atoms with Gasteiger partial charge < -0.3 is 15.2 Å². The van der Waals surface area contributed by atoms with Gasteiger partial charge in [0.05, 0.1) is 17.2 Å². The Labute approximate surface area is 114 Å². The third-order valence-corrected chi connectivity index (χ3v) is 3.10. The predicted molar refractivity (Wildman–Crippen MR) is 67.0 cm³/mol. The van der Waals surface area contributed by atoms with Gasteiger partial charge in [0.2, 0.25) is 0 Å². The quantitative estimate of drug-likeness (QED) is 0.670. The van der Waals surface area contributed by atoms with Crippen molar-refractivity contribution in [1.82, 2.24) is 4.98 Å². The number of hydrogen-bond acceptors (Lipinski definition) is 4. The molecule has 0 amide bonds. The summed E-state index contributed by atoms with van der Waals surface area (Å²) in [6.45, 7) is 2.57. The zero-order valence-corrected chi connectivity index (χ0v) is 11.3. The fourth-order valence-corrected chi connectivity index (χ4v) is 1.93. The van der Waals surface area contributed by atoms with E-state index >= 15 is 0 Å². The molecule has 0 unspecified atom stereocenters. The molecule has 1 heterocycles. The second-order valence-corrected chi connectivity index (χ2v) is 4.42. The Bertz CT molecular complexity index is 438. The van der Waals surface area contributed by atoms with E-state index < -0.39 is 5.97 Å². The van der Waals surface area contributed by atoms with Crippen molar-refractivity contribution >= 4 is 46.5 Å². The summed E-state index contributed by atoms with van der Waals surface area (Å²) in [7, 11) is 0. The molecular weight excluding hydrogens is 286 g/mol. The van der Waals surface area contributed by atoms with Gasteiger partial charge in [0.25, 0.3) is 0 Å². The summed E-state index contributed by atoms with van der Waals surface area (Å²) in [5, 5.41) is 13.6. The van der Waals surface area contributed by atoms with Crippen molar-refractivity contribution in [2.75, 3.05) is 11.9 Å². The third-order valence-electron chi connectivity index (χ3n) is 2.09. The molecule has 94 valence electrons. The van der Waals surface area contributed by atoms with Crippen molar-refractivity contribution in [2.45, 2.75) is 19.8 Å². The van der Waals surface area contributed by atoms with Crippen LogP contribution < -0.4 is 10.4 Å². The number of carbonyl (C=O) groups is 1. The fourth-order valence-electron chi connectivity index (χ4n) is 1.25. The number of carbonyl (C=O) groups excluding carboxylic acids is 1. The van der Waals surface area contributed by atoms with E-state index in [1.54, 1.807) is 0 Å². The number of pyridine rings is 1. The number of hydrogen-bond donors (Lipinski definition) is 1. The van der Waals surface area contributed by atoms with Crippen LogP contribution >= 0.6 is 34.8 Å². The van der Waals surface area contributed by atoms with Gasteiger partial charge in [-0.25, -0.2) is 4.98 Å². The molecule has 0 saturated carbocycles. The number of unbranched alkanes of at least 4 members (excludes halogenated alkanes) is 1. The van der Waals surface area contributed by atoms with Gasteiger partial charge in [0, 0.05) is 6.54 Å². The molecule has 0 spiro atoms. The summed E-state index contributed by atoms with van der Waals surface area (Å²) in [4.78, 5) is 14.6. The Morgan fingerprint density at radius 2 is 2.00 bits per heavy atom. The highest BCUT2D eigenvalue weighted by molar-refractivity contribution is 6.44. The van der Waals surface area contributed by atoms with Crippen molar-refractivity contribution in [3.63, 3.8) is 0 Å². The molecule has 7 heteroatoms. The molecule has 0 aliphatic heterocycles. The van der Waals surface area contributed by atoms with Gasteiger partial charge in [-0.2, -0.15) is 0 Å². The van der Waals surface area contributed by atoms with Crippen LogP contribution in [0.5, 0.6) is 0 Å². The molecule has 1 aromatic heterocycles. The monoisotopic (exact) mass is 295 g/mol. The number of rotatable bonds is 5. The van der Waals surface area contributed by atoms with Crippen LogP contribution in [0.1, 0.15) is 30.1 Å². The first-order chi connectivity index (χ1) is 7.99. The van der Waals surface area contributed by atoms with E-state index in [-0.39, 0.29) is 26.6 Å². The molecule has 0 aliphatic carbocycles. The molecule has 0 aliphatic rings. The average Bonchev–Trinajstić information content (AvgIpc) is 2.24. The summed E-state index contributed by atoms with van der Waals surface area (Å²) in [6.07, 6.45) is 1.82. The van der Waals surface area contributed by atoms with Crippen LogP contribution in [0.25, 0.3) is 0 Å². The van der Waals surface area contributed by atoms with Crippen molar-refractivity contribution in [2.24, 2.45) is 0 Å². The van der Waals surface area contributed by atoms with Crippen molar-refractivity contribution < 1.29 is 9.90 Å². The smallest absolute Gasteiger partial charge is 0.151 e. The van der Waals surface area contributed by atoms with Crippen LogP contribution in [-0.4, -0.2) is 17.5 Å². The van der Waals surface area contributed by atoms with Crippen molar-refractivity contribution in [1.29, 1.82) is 0 Å². The number of nitrogens with zero attached hydrogens (tertiary/aromatic N) is 1. The van der Waals surface area contributed by atoms with Gasteiger partial charge in [-0.05, 0) is 6.42 Å². The number of carboxylic acids is 1. The van der Waals surface area contributed by atoms with E-state index in [1.165, 1.54) is 0 Å². The minimum Gasteiger partial charge on any atom is -0.545 e. The lowest BCUT2D eigenvalue weighted by atomic mass is 10.2. The Kier molecular flexibility index (Phi) is 5.31. The molecule has 0 saturated heterocycles. The zero-order chi connectivity index (χ0) is 13.0. The molecule has 0 bridgehead atoms. The maximum absolute atomic E-state index is 11.0. The summed E-state index contributed by atoms with van der Waals surface area (Å²) < 4.78 is 0. The van der Waals surface area contributed by atoms with E-state index in [0.717, 1.165) is 12.8 Å². The molecule has 17 heavy (non-hydrogen) atoms. The highest BCUT2D eigenvalue weighted by Crippen LogP contribution is 2.35. The van der Waals surface area contributed by atoms with Crippen LogP contribution in [0.15, 0.2) is 0 Å². The predicted octanol–water partition coefficient (Wildman–Crippen LogP) is 2.62. The minimum absolute atomic E-state index is 0.0337. The standard InChI is InChI=1S/C10H11Cl3N2O2/c1-2-3-4-14-7-5(10(16)17)8(12)15-9(13)6(7)11/h2-4H2,1H3,(H,14,15)(H,16,17)/p-1. The van der Waals surface area contributed by atoms with Gasteiger partial charge >= 0.3 is 0 Å². The van der Waals surface area contributed by atoms with E-state index in [9.17, 15) is 9.90 Å². The lowest BCUT2D eigenvalue weighted by Crippen LogP contribution is -2.25. The number of nitrogens with one attached hydrogen (secondary N) is 1. The Balaban J connectivity index is 3.18. The SMILES string of the molecule is CCCCNc1c(Cl)c(Cl)nc(Cl)c1C(=O)[O-]. The number of aromatic carboxylic acids is 1. The summed E-state index contributed by atoms with van der Waals surface area (Å²) in [5.74, 6) is -1.44. The molecule has 1 rings (SSSR count). The topological polar surface area (TPSA) is 65.0 Å². The van der Waals surface area contributed by atoms with E-state index in [4.69, 9.17) is 34.8 Å². The number of carboxylic acid groups (broad SMARTS) is 1. The first kappa shape index (κ1) is 14.4. The van der Waals surface area contributed by atoms with E-state index in [2.05, 4.69) is 10.3 Å². The Morgan fingerprint density at radius 3 is 2.53 bits per heavy atom. The van der Waals surface area contributed by atoms with Crippen LogP contribution in [-0.2, 0) is 0 Å². The Hall–Kier alpha value is -0.710. The first-order valence-electron chi connectivity index (χ1n) is 4.98. The van der Waals surface area contributed by atoms with Crippen LogP contribution in [0.3, 0.4) is 0 Å². The molecule has 0 aromatic carbocycles. The molecule has 0 atom stereocenters.